The van der Waals surface area contributed by atoms with Crippen LogP contribution >= 0.6 is 0 Å². The number of amides is 1. The van der Waals surface area contributed by atoms with E-state index in [-0.39, 0.29) is 5.91 Å². The maximum Gasteiger partial charge on any atom is 0.224 e. The van der Waals surface area contributed by atoms with Gasteiger partial charge in [-0.15, -0.1) is 0 Å². The lowest BCUT2D eigenvalue weighted by Crippen LogP contribution is -2.11. The summed E-state index contributed by atoms with van der Waals surface area (Å²) in [6, 6.07) is 3.82. The highest BCUT2D eigenvalue weighted by atomic mass is 16.1. The molecule has 1 aromatic rings. The van der Waals surface area contributed by atoms with Crippen molar-refractivity contribution in [3.8, 4) is 0 Å². The Kier molecular flexibility index (Phi) is 6.94. The first-order chi connectivity index (χ1) is 10.8. The van der Waals surface area contributed by atoms with E-state index in [9.17, 15) is 4.79 Å². The van der Waals surface area contributed by atoms with Crippen LogP contribution in [0.4, 0.5) is 11.5 Å². The van der Waals surface area contributed by atoms with Crippen LogP contribution < -0.4 is 10.6 Å². The summed E-state index contributed by atoms with van der Waals surface area (Å²) in [5, 5.41) is 6.22. The van der Waals surface area contributed by atoms with Crippen molar-refractivity contribution in [2.75, 3.05) is 17.2 Å². The number of anilines is 2. The number of allylic oxidation sites excluding steroid dienone is 1. The third-order valence-electron chi connectivity index (χ3n) is 3.94. The number of pyridine rings is 1. The number of hydrogen-bond donors (Lipinski definition) is 2. The standard InChI is InChI=1S/C18H27N3O/c1-2-3-9-18(22)21-16-10-11-17(20-14-16)19-13-12-15-7-5-4-6-8-15/h7,10-11,14H,2-6,8-9,12-13H2,1H3,(H,19,20)(H,21,22). The van der Waals surface area contributed by atoms with Gasteiger partial charge in [0.05, 0.1) is 11.9 Å². The zero-order valence-electron chi connectivity index (χ0n) is 13.5. The second kappa shape index (κ2) is 9.23. The van der Waals surface area contributed by atoms with Gasteiger partial charge in [-0.1, -0.05) is 25.0 Å². The number of rotatable bonds is 8. The third-order valence-corrected chi connectivity index (χ3v) is 3.94. The van der Waals surface area contributed by atoms with Gasteiger partial charge in [0, 0.05) is 13.0 Å². The van der Waals surface area contributed by atoms with Gasteiger partial charge in [0.25, 0.3) is 0 Å². The first-order valence-corrected chi connectivity index (χ1v) is 8.45. The van der Waals surface area contributed by atoms with E-state index in [1.165, 1.54) is 25.7 Å². The minimum absolute atomic E-state index is 0.0635. The van der Waals surface area contributed by atoms with Gasteiger partial charge in [0.2, 0.25) is 5.91 Å². The number of hydrogen-bond acceptors (Lipinski definition) is 3. The Morgan fingerprint density at radius 2 is 2.23 bits per heavy atom. The molecule has 1 amide bonds. The Morgan fingerprint density at radius 1 is 1.32 bits per heavy atom. The Bertz CT molecular complexity index is 494. The average Bonchev–Trinajstić information content (AvgIpc) is 2.55. The quantitative estimate of drug-likeness (QED) is 0.694. The van der Waals surface area contributed by atoms with Crippen molar-refractivity contribution in [2.45, 2.75) is 58.3 Å². The SMILES string of the molecule is CCCCC(=O)Nc1ccc(NCCC2=CCCCC2)nc1. The molecule has 0 radical (unpaired) electrons. The van der Waals surface area contributed by atoms with Gasteiger partial charge in [-0.2, -0.15) is 0 Å². The molecule has 1 aliphatic carbocycles. The molecule has 0 fully saturated rings. The van der Waals surface area contributed by atoms with Gasteiger partial charge in [-0.05, 0) is 50.7 Å². The lowest BCUT2D eigenvalue weighted by atomic mass is 9.97. The van der Waals surface area contributed by atoms with Crippen LogP contribution in [0.5, 0.6) is 0 Å². The van der Waals surface area contributed by atoms with Crippen molar-refractivity contribution in [1.82, 2.24) is 4.98 Å². The maximum absolute atomic E-state index is 11.6. The van der Waals surface area contributed by atoms with Crippen molar-refractivity contribution in [3.63, 3.8) is 0 Å². The van der Waals surface area contributed by atoms with Crippen LogP contribution in [0.15, 0.2) is 30.0 Å². The molecule has 22 heavy (non-hydrogen) atoms. The van der Waals surface area contributed by atoms with Gasteiger partial charge >= 0.3 is 0 Å². The Balaban J connectivity index is 1.72. The molecule has 0 aromatic carbocycles. The zero-order chi connectivity index (χ0) is 15.6. The fourth-order valence-electron chi connectivity index (χ4n) is 2.62. The summed E-state index contributed by atoms with van der Waals surface area (Å²) < 4.78 is 0. The van der Waals surface area contributed by atoms with E-state index in [0.717, 1.165) is 37.3 Å². The predicted octanol–water partition coefficient (Wildman–Crippen LogP) is 4.51. The molecule has 0 spiro atoms. The van der Waals surface area contributed by atoms with E-state index in [1.807, 2.05) is 12.1 Å². The fourth-order valence-corrected chi connectivity index (χ4v) is 2.62. The van der Waals surface area contributed by atoms with Gasteiger partial charge < -0.3 is 10.6 Å². The van der Waals surface area contributed by atoms with Crippen molar-refractivity contribution >= 4 is 17.4 Å². The van der Waals surface area contributed by atoms with Crippen LogP contribution in [0, 0.1) is 0 Å². The molecule has 4 nitrogen and oxygen atoms in total. The Labute approximate surface area is 133 Å². The van der Waals surface area contributed by atoms with Crippen LogP contribution in [0.2, 0.25) is 0 Å². The van der Waals surface area contributed by atoms with E-state index in [2.05, 4.69) is 28.6 Å². The van der Waals surface area contributed by atoms with E-state index in [1.54, 1.807) is 11.8 Å². The monoisotopic (exact) mass is 301 g/mol. The number of aromatic nitrogens is 1. The summed E-state index contributed by atoms with van der Waals surface area (Å²) >= 11 is 0. The van der Waals surface area contributed by atoms with E-state index < -0.39 is 0 Å². The lowest BCUT2D eigenvalue weighted by Gasteiger charge is -2.13. The largest absolute Gasteiger partial charge is 0.370 e. The number of nitrogens with zero attached hydrogens (tertiary/aromatic N) is 1. The van der Waals surface area contributed by atoms with Crippen LogP contribution in [0.25, 0.3) is 0 Å². The second-order valence-corrected chi connectivity index (χ2v) is 5.87. The molecule has 0 saturated carbocycles. The minimum Gasteiger partial charge on any atom is -0.370 e. The summed E-state index contributed by atoms with van der Waals surface area (Å²) in [4.78, 5) is 16.0. The first kappa shape index (κ1) is 16.5. The zero-order valence-corrected chi connectivity index (χ0v) is 13.5. The smallest absolute Gasteiger partial charge is 0.224 e. The number of nitrogens with one attached hydrogen (secondary N) is 2. The predicted molar refractivity (Wildman–Crippen MR) is 92.0 cm³/mol. The summed E-state index contributed by atoms with van der Waals surface area (Å²) in [5.74, 6) is 0.927. The van der Waals surface area contributed by atoms with Gasteiger partial charge in [-0.25, -0.2) is 4.98 Å². The molecule has 0 aliphatic heterocycles. The highest BCUT2D eigenvalue weighted by Gasteiger charge is 2.04. The Morgan fingerprint density at radius 3 is 2.91 bits per heavy atom. The highest BCUT2D eigenvalue weighted by Crippen LogP contribution is 2.20. The van der Waals surface area contributed by atoms with Crippen LogP contribution in [-0.4, -0.2) is 17.4 Å². The number of unbranched alkanes of at least 4 members (excludes halogenated alkanes) is 1. The molecule has 0 atom stereocenters. The number of carbonyl (C=O) groups is 1. The normalized spacial score (nSPS) is 14.3. The molecule has 1 heterocycles. The summed E-state index contributed by atoms with van der Waals surface area (Å²) in [6.07, 6.45) is 12.9. The van der Waals surface area contributed by atoms with Gasteiger partial charge in [0.15, 0.2) is 0 Å². The second-order valence-electron chi connectivity index (χ2n) is 5.87. The highest BCUT2D eigenvalue weighted by molar-refractivity contribution is 5.90. The van der Waals surface area contributed by atoms with E-state index in [0.29, 0.717) is 6.42 Å². The molecule has 2 N–H and O–H groups in total. The topological polar surface area (TPSA) is 54.0 Å². The lowest BCUT2D eigenvalue weighted by molar-refractivity contribution is -0.116. The molecule has 4 heteroatoms. The summed E-state index contributed by atoms with van der Waals surface area (Å²) in [7, 11) is 0. The van der Waals surface area contributed by atoms with Crippen molar-refractivity contribution in [2.24, 2.45) is 0 Å². The summed E-state index contributed by atoms with van der Waals surface area (Å²) in [6.45, 7) is 3.00. The molecule has 0 saturated heterocycles. The van der Waals surface area contributed by atoms with Gasteiger partial charge in [0.1, 0.15) is 5.82 Å². The molecular weight excluding hydrogens is 274 g/mol. The van der Waals surface area contributed by atoms with Crippen molar-refractivity contribution < 1.29 is 4.79 Å². The van der Waals surface area contributed by atoms with Crippen molar-refractivity contribution in [1.29, 1.82) is 0 Å². The molecule has 0 bridgehead atoms. The Hall–Kier alpha value is -1.84. The summed E-state index contributed by atoms with van der Waals surface area (Å²) in [5.41, 5.74) is 2.33. The van der Waals surface area contributed by atoms with Gasteiger partial charge in [-0.3, -0.25) is 4.79 Å². The fraction of sp³-hybridized carbons (Fsp3) is 0.556. The molecular formula is C18H27N3O. The van der Waals surface area contributed by atoms with Crippen LogP contribution in [0.3, 0.4) is 0 Å². The van der Waals surface area contributed by atoms with E-state index >= 15 is 0 Å². The molecule has 0 unspecified atom stereocenters. The minimum atomic E-state index is 0.0635. The molecule has 2 rings (SSSR count). The average molecular weight is 301 g/mol. The third kappa shape index (κ3) is 5.88. The first-order valence-electron chi connectivity index (χ1n) is 8.45. The number of carbonyl (C=O) groups excluding carboxylic acids is 1. The van der Waals surface area contributed by atoms with Crippen LogP contribution in [0.1, 0.15) is 58.3 Å². The molecule has 120 valence electrons. The van der Waals surface area contributed by atoms with Crippen molar-refractivity contribution in [3.05, 3.63) is 30.0 Å². The molecule has 1 aliphatic rings. The van der Waals surface area contributed by atoms with E-state index in [4.69, 9.17) is 0 Å². The maximum atomic E-state index is 11.6. The molecule has 1 aromatic heterocycles. The van der Waals surface area contributed by atoms with Crippen LogP contribution in [-0.2, 0) is 4.79 Å².